The molecule has 0 aliphatic carbocycles. The molecule has 1 atom stereocenters. The fraction of sp³-hybridized carbons (Fsp3) is 0.588. The lowest BCUT2D eigenvalue weighted by Crippen LogP contribution is -2.52. The molecule has 0 unspecified atom stereocenters. The molecule has 24 heavy (non-hydrogen) atoms. The summed E-state index contributed by atoms with van der Waals surface area (Å²) in [5.74, 6) is -0.374. The molecular weight excluding hydrogens is 324 g/mol. The Morgan fingerprint density at radius 3 is 2.54 bits per heavy atom. The molecule has 0 spiro atoms. The molecular formula is C17H26N4O2S. The number of amides is 2. The van der Waals surface area contributed by atoms with Crippen LogP contribution in [-0.4, -0.2) is 41.9 Å². The highest BCUT2D eigenvalue weighted by atomic mass is 32.1. The fourth-order valence-corrected chi connectivity index (χ4v) is 2.62. The van der Waals surface area contributed by atoms with Crippen LogP contribution < -0.4 is 10.6 Å². The van der Waals surface area contributed by atoms with Crippen LogP contribution in [0.25, 0.3) is 0 Å². The first-order valence-corrected chi connectivity index (χ1v) is 8.92. The molecule has 2 amide bonds. The smallest absolute Gasteiger partial charge is 0.235 e. The second-order valence-electron chi connectivity index (χ2n) is 6.18. The van der Waals surface area contributed by atoms with E-state index in [0.717, 1.165) is 4.88 Å². The van der Waals surface area contributed by atoms with Crippen molar-refractivity contribution < 1.29 is 9.59 Å². The van der Waals surface area contributed by atoms with Gasteiger partial charge in [0.1, 0.15) is 5.54 Å². The lowest BCUT2D eigenvalue weighted by Gasteiger charge is -2.28. The van der Waals surface area contributed by atoms with Crippen molar-refractivity contribution in [2.45, 2.75) is 39.8 Å². The maximum absolute atomic E-state index is 12.2. The number of carbonyl (C=O) groups is 2. The molecule has 0 saturated carbocycles. The lowest BCUT2D eigenvalue weighted by molar-refractivity contribution is -0.126. The summed E-state index contributed by atoms with van der Waals surface area (Å²) in [5.41, 5.74) is -0.905. The van der Waals surface area contributed by atoms with Gasteiger partial charge in [0.2, 0.25) is 11.8 Å². The van der Waals surface area contributed by atoms with Gasteiger partial charge in [-0.05, 0) is 30.8 Å². The Balaban J connectivity index is 2.47. The molecule has 0 aliphatic heterocycles. The molecule has 2 N–H and O–H groups in total. The van der Waals surface area contributed by atoms with E-state index in [1.807, 2.05) is 38.3 Å². The van der Waals surface area contributed by atoms with Gasteiger partial charge >= 0.3 is 0 Å². The first-order chi connectivity index (χ1) is 11.3. The molecule has 6 nitrogen and oxygen atoms in total. The van der Waals surface area contributed by atoms with Gasteiger partial charge in [0.15, 0.2) is 0 Å². The second kappa shape index (κ2) is 9.40. The summed E-state index contributed by atoms with van der Waals surface area (Å²) in [6.07, 6.45) is 0. The number of nitrogens with zero attached hydrogens (tertiary/aromatic N) is 2. The van der Waals surface area contributed by atoms with E-state index in [0.29, 0.717) is 13.1 Å². The zero-order valence-electron chi connectivity index (χ0n) is 14.8. The number of hydrogen-bond acceptors (Lipinski definition) is 5. The number of nitrogens with one attached hydrogen (secondary N) is 2. The van der Waals surface area contributed by atoms with Crippen molar-refractivity contribution in [3.05, 3.63) is 22.4 Å². The lowest BCUT2D eigenvalue weighted by atomic mass is 9.90. The van der Waals surface area contributed by atoms with Crippen molar-refractivity contribution in [3.63, 3.8) is 0 Å². The Morgan fingerprint density at radius 1 is 1.38 bits per heavy atom. The summed E-state index contributed by atoms with van der Waals surface area (Å²) in [4.78, 5) is 27.0. The second-order valence-corrected chi connectivity index (χ2v) is 7.21. The normalized spacial score (nSPS) is 13.4. The van der Waals surface area contributed by atoms with Gasteiger partial charge in [-0.15, -0.1) is 11.3 Å². The van der Waals surface area contributed by atoms with Crippen molar-refractivity contribution in [3.8, 4) is 6.07 Å². The largest absolute Gasteiger partial charge is 0.350 e. The van der Waals surface area contributed by atoms with Gasteiger partial charge in [0.05, 0.1) is 25.7 Å². The van der Waals surface area contributed by atoms with E-state index in [1.54, 1.807) is 23.2 Å². The Labute approximate surface area is 147 Å². The molecule has 0 bridgehead atoms. The Bertz CT molecular complexity index is 580. The summed E-state index contributed by atoms with van der Waals surface area (Å²) < 4.78 is 0. The van der Waals surface area contributed by atoms with Gasteiger partial charge in [-0.25, -0.2) is 0 Å². The van der Waals surface area contributed by atoms with Crippen LogP contribution in [0.3, 0.4) is 0 Å². The summed E-state index contributed by atoms with van der Waals surface area (Å²) in [7, 11) is 0. The highest BCUT2D eigenvalue weighted by Gasteiger charge is 2.30. The van der Waals surface area contributed by atoms with E-state index >= 15 is 0 Å². The number of thiophene rings is 1. The average molecular weight is 350 g/mol. The van der Waals surface area contributed by atoms with Crippen LogP contribution in [0.2, 0.25) is 0 Å². The van der Waals surface area contributed by atoms with E-state index in [2.05, 4.69) is 16.7 Å². The Kier molecular flexibility index (Phi) is 7.89. The molecule has 132 valence electrons. The third-order valence-electron chi connectivity index (χ3n) is 4.01. The first kappa shape index (κ1) is 20.1. The van der Waals surface area contributed by atoms with Gasteiger partial charge in [-0.3, -0.25) is 14.5 Å². The summed E-state index contributed by atoms with van der Waals surface area (Å²) in [5, 5.41) is 16.8. The van der Waals surface area contributed by atoms with Crippen LogP contribution in [-0.2, 0) is 16.1 Å². The number of nitriles is 1. The molecule has 1 rings (SSSR count). The van der Waals surface area contributed by atoms with E-state index in [-0.39, 0.29) is 30.8 Å². The highest BCUT2D eigenvalue weighted by Crippen LogP contribution is 2.14. The summed E-state index contributed by atoms with van der Waals surface area (Å²) >= 11 is 1.59. The minimum absolute atomic E-state index is 0.00405. The van der Waals surface area contributed by atoms with E-state index in [1.165, 1.54) is 0 Å². The van der Waals surface area contributed by atoms with Crippen molar-refractivity contribution >= 4 is 23.2 Å². The molecule has 0 fully saturated rings. The minimum Gasteiger partial charge on any atom is -0.350 e. The maximum Gasteiger partial charge on any atom is 0.235 e. The predicted octanol–water partition coefficient (Wildman–Crippen LogP) is 1.74. The predicted molar refractivity (Wildman–Crippen MR) is 95.3 cm³/mol. The number of hydrogen-bond donors (Lipinski definition) is 2. The van der Waals surface area contributed by atoms with Crippen LogP contribution in [0.4, 0.5) is 0 Å². The number of rotatable bonds is 9. The van der Waals surface area contributed by atoms with Gasteiger partial charge in [0, 0.05) is 4.88 Å². The van der Waals surface area contributed by atoms with Gasteiger partial charge in [-0.2, -0.15) is 5.26 Å². The molecule has 7 heteroatoms. The standard InChI is InChI=1S/C17H26N4O2S/c1-5-21(10-15(22)19-9-14-7-6-8-24-14)11-16(23)20-17(4,12-18)13(2)3/h6-8,13H,5,9-11H2,1-4H3,(H,19,22)(H,20,23)/t17-/m0/s1. The van der Waals surface area contributed by atoms with Crippen LogP contribution in [0.15, 0.2) is 17.5 Å². The molecule has 0 radical (unpaired) electrons. The van der Waals surface area contributed by atoms with E-state index in [4.69, 9.17) is 0 Å². The SMILES string of the molecule is CCN(CC(=O)NCc1cccs1)CC(=O)N[C@@](C)(C#N)C(C)C. The summed E-state index contributed by atoms with van der Waals surface area (Å²) in [6, 6.07) is 6.05. The molecule has 1 aromatic heterocycles. The quantitative estimate of drug-likeness (QED) is 0.710. The Hall–Kier alpha value is -1.91. The van der Waals surface area contributed by atoms with Gasteiger partial charge in [0.25, 0.3) is 0 Å². The van der Waals surface area contributed by atoms with Crippen LogP contribution in [0, 0.1) is 17.2 Å². The van der Waals surface area contributed by atoms with Crippen molar-refractivity contribution in [1.82, 2.24) is 15.5 Å². The van der Waals surface area contributed by atoms with E-state index in [9.17, 15) is 14.9 Å². The zero-order chi connectivity index (χ0) is 18.2. The number of likely N-dealkylation sites (N-methyl/N-ethyl adjacent to an activating group) is 1. The molecule has 0 aliphatic rings. The fourth-order valence-electron chi connectivity index (χ4n) is 1.97. The van der Waals surface area contributed by atoms with E-state index < -0.39 is 5.54 Å². The van der Waals surface area contributed by atoms with Crippen LogP contribution >= 0.6 is 11.3 Å². The van der Waals surface area contributed by atoms with Crippen molar-refractivity contribution in [2.24, 2.45) is 5.92 Å². The molecule has 0 saturated heterocycles. The third-order valence-corrected chi connectivity index (χ3v) is 4.88. The van der Waals surface area contributed by atoms with Crippen molar-refractivity contribution in [1.29, 1.82) is 5.26 Å². The minimum atomic E-state index is -0.905. The highest BCUT2D eigenvalue weighted by molar-refractivity contribution is 7.09. The van der Waals surface area contributed by atoms with Crippen molar-refractivity contribution in [2.75, 3.05) is 19.6 Å². The van der Waals surface area contributed by atoms with Gasteiger partial charge in [-0.1, -0.05) is 26.8 Å². The van der Waals surface area contributed by atoms with Crippen LogP contribution in [0.1, 0.15) is 32.6 Å². The average Bonchev–Trinajstić information content (AvgIpc) is 3.05. The zero-order valence-corrected chi connectivity index (χ0v) is 15.6. The van der Waals surface area contributed by atoms with Crippen LogP contribution in [0.5, 0.6) is 0 Å². The topological polar surface area (TPSA) is 85.2 Å². The Morgan fingerprint density at radius 2 is 2.04 bits per heavy atom. The third kappa shape index (κ3) is 6.30. The summed E-state index contributed by atoms with van der Waals surface area (Å²) in [6.45, 7) is 8.70. The monoisotopic (exact) mass is 350 g/mol. The first-order valence-electron chi connectivity index (χ1n) is 8.04. The maximum atomic E-state index is 12.2. The molecule has 0 aromatic carbocycles. The van der Waals surface area contributed by atoms with Gasteiger partial charge < -0.3 is 10.6 Å². The number of carbonyl (C=O) groups excluding carboxylic acids is 2. The molecule has 1 heterocycles. The molecule has 1 aromatic rings.